The highest BCUT2D eigenvalue weighted by molar-refractivity contribution is 5.76. The van der Waals surface area contributed by atoms with Crippen molar-refractivity contribution in [3.63, 3.8) is 0 Å². The molecule has 76 valence electrons. The number of benzene rings is 1. The maximum absolute atomic E-state index is 10.8. The summed E-state index contributed by atoms with van der Waals surface area (Å²) in [5.74, 6) is 0. The van der Waals surface area contributed by atoms with Gasteiger partial charge in [0.1, 0.15) is 0 Å². The van der Waals surface area contributed by atoms with Crippen LogP contribution in [0, 0.1) is 0 Å². The first kappa shape index (κ1) is 9.65. The molecule has 15 heavy (non-hydrogen) atoms. The van der Waals surface area contributed by atoms with Crippen molar-refractivity contribution < 1.29 is 4.79 Å². The van der Waals surface area contributed by atoms with Crippen molar-refractivity contribution in [1.29, 1.82) is 0 Å². The topological polar surface area (TPSA) is 34.9 Å². The molecule has 2 rings (SSSR count). The Hall–Kier alpha value is -1.90. The fourth-order valence-corrected chi connectivity index (χ4v) is 1.51. The van der Waals surface area contributed by atoms with Gasteiger partial charge < -0.3 is 0 Å². The van der Waals surface area contributed by atoms with Crippen LogP contribution in [0.1, 0.15) is 23.0 Å². The summed E-state index contributed by atoms with van der Waals surface area (Å²) in [6.07, 6.45) is 3.39. The molecule has 0 aliphatic heterocycles. The first-order valence-corrected chi connectivity index (χ1v) is 4.94. The molecule has 0 N–H and O–H groups in total. The van der Waals surface area contributed by atoms with Crippen molar-refractivity contribution in [2.24, 2.45) is 0 Å². The van der Waals surface area contributed by atoms with E-state index in [0.717, 1.165) is 24.1 Å². The van der Waals surface area contributed by atoms with E-state index in [9.17, 15) is 4.79 Å². The molecule has 3 nitrogen and oxygen atoms in total. The van der Waals surface area contributed by atoms with Gasteiger partial charge >= 0.3 is 0 Å². The Morgan fingerprint density at radius 1 is 1.33 bits per heavy atom. The number of carbonyl (C=O) groups is 1. The van der Waals surface area contributed by atoms with Crippen LogP contribution >= 0.6 is 0 Å². The van der Waals surface area contributed by atoms with Crippen molar-refractivity contribution in [2.75, 3.05) is 0 Å². The molecule has 3 heteroatoms. The summed E-state index contributed by atoms with van der Waals surface area (Å²) in [4.78, 5) is 10.8. The van der Waals surface area contributed by atoms with Gasteiger partial charge in [-0.15, -0.1) is 0 Å². The van der Waals surface area contributed by atoms with E-state index in [1.807, 2.05) is 37.3 Å². The van der Waals surface area contributed by atoms with E-state index in [2.05, 4.69) is 5.10 Å². The average Bonchev–Trinajstić information content (AvgIpc) is 2.73. The Bertz CT molecular complexity index is 460. The third-order valence-corrected chi connectivity index (χ3v) is 2.31. The lowest BCUT2D eigenvalue weighted by atomic mass is 10.2. The first-order valence-electron chi connectivity index (χ1n) is 4.94. The van der Waals surface area contributed by atoms with Gasteiger partial charge in [0, 0.05) is 6.20 Å². The van der Waals surface area contributed by atoms with Crippen LogP contribution in [-0.4, -0.2) is 16.1 Å². The molecule has 0 fully saturated rings. The van der Waals surface area contributed by atoms with Crippen LogP contribution in [0.3, 0.4) is 0 Å². The van der Waals surface area contributed by atoms with Crippen LogP contribution in [0.4, 0.5) is 0 Å². The quantitative estimate of drug-likeness (QED) is 0.712. The number of hydrogen-bond acceptors (Lipinski definition) is 2. The van der Waals surface area contributed by atoms with E-state index < -0.39 is 0 Å². The standard InChI is InChI=1S/C12H12N2O/c1-2-12-10(9-15)8-14(13-12)11-6-4-3-5-7-11/h3-9H,2H2,1H3. The van der Waals surface area contributed by atoms with Crippen molar-refractivity contribution >= 4 is 6.29 Å². The predicted octanol–water partition coefficient (Wildman–Crippen LogP) is 2.25. The van der Waals surface area contributed by atoms with Crippen LogP contribution in [0.5, 0.6) is 0 Å². The largest absolute Gasteiger partial charge is 0.298 e. The summed E-state index contributed by atoms with van der Waals surface area (Å²) >= 11 is 0. The Morgan fingerprint density at radius 2 is 2.07 bits per heavy atom. The van der Waals surface area contributed by atoms with Crippen molar-refractivity contribution in [1.82, 2.24) is 9.78 Å². The van der Waals surface area contributed by atoms with E-state index in [4.69, 9.17) is 0 Å². The van der Waals surface area contributed by atoms with Gasteiger partial charge in [-0.3, -0.25) is 4.79 Å². The second-order valence-electron chi connectivity index (χ2n) is 3.28. The number of aromatic nitrogens is 2. The van der Waals surface area contributed by atoms with Gasteiger partial charge in [-0.25, -0.2) is 4.68 Å². The smallest absolute Gasteiger partial charge is 0.153 e. The van der Waals surface area contributed by atoms with Crippen molar-refractivity contribution in [2.45, 2.75) is 13.3 Å². The van der Waals surface area contributed by atoms with E-state index >= 15 is 0 Å². The Morgan fingerprint density at radius 3 is 2.60 bits per heavy atom. The number of nitrogens with zero attached hydrogens (tertiary/aromatic N) is 2. The minimum absolute atomic E-state index is 0.668. The van der Waals surface area contributed by atoms with Gasteiger partial charge in [-0.1, -0.05) is 25.1 Å². The molecule has 1 aromatic carbocycles. The number of para-hydroxylation sites is 1. The summed E-state index contributed by atoms with van der Waals surface area (Å²) in [5, 5.41) is 4.36. The molecule has 2 aromatic rings. The van der Waals surface area contributed by atoms with Crippen molar-refractivity contribution in [3.8, 4) is 5.69 Å². The van der Waals surface area contributed by atoms with Crippen LogP contribution in [0.15, 0.2) is 36.5 Å². The number of hydrogen-bond donors (Lipinski definition) is 0. The summed E-state index contributed by atoms with van der Waals surface area (Å²) in [7, 11) is 0. The molecule has 0 unspecified atom stereocenters. The summed E-state index contributed by atoms with van der Waals surface area (Å²) in [6.45, 7) is 1.99. The molecule has 0 bridgehead atoms. The molecule has 0 spiro atoms. The van der Waals surface area contributed by atoms with Gasteiger partial charge in [-0.05, 0) is 18.6 Å². The second kappa shape index (κ2) is 4.09. The molecule has 0 atom stereocenters. The zero-order chi connectivity index (χ0) is 10.7. The highest BCUT2D eigenvalue weighted by Gasteiger charge is 2.06. The van der Waals surface area contributed by atoms with Gasteiger partial charge in [0.15, 0.2) is 6.29 Å². The number of aldehydes is 1. The third kappa shape index (κ3) is 1.81. The van der Waals surface area contributed by atoms with Gasteiger partial charge in [0.2, 0.25) is 0 Å². The average molecular weight is 200 g/mol. The lowest BCUT2D eigenvalue weighted by molar-refractivity contribution is 0.112. The highest BCUT2D eigenvalue weighted by Crippen LogP contribution is 2.11. The highest BCUT2D eigenvalue weighted by atomic mass is 16.1. The molecule has 1 heterocycles. The van der Waals surface area contributed by atoms with Crippen LogP contribution in [-0.2, 0) is 6.42 Å². The van der Waals surface area contributed by atoms with Crippen LogP contribution in [0.2, 0.25) is 0 Å². The van der Waals surface area contributed by atoms with E-state index in [1.165, 1.54) is 0 Å². The Labute approximate surface area is 88.4 Å². The van der Waals surface area contributed by atoms with Gasteiger partial charge in [-0.2, -0.15) is 5.10 Å². The molecular formula is C12H12N2O. The van der Waals surface area contributed by atoms with Gasteiger partial charge in [0.25, 0.3) is 0 Å². The predicted molar refractivity (Wildman–Crippen MR) is 58.3 cm³/mol. The Kier molecular flexibility index (Phi) is 2.63. The lowest BCUT2D eigenvalue weighted by Crippen LogP contribution is -1.94. The maximum Gasteiger partial charge on any atom is 0.153 e. The molecule has 0 aliphatic rings. The minimum atomic E-state index is 0.668. The number of carbonyl (C=O) groups excluding carboxylic acids is 1. The zero-order valence-electron chi connectivity index (χ0n) is 8.55. The SMILES string of the molecule is CCc1nn(-c2ccccc2)cc1C=O. The molecule has 0 aliphatic carbocycles. The normalized spacial score (nSPS) is 10.2. The molecule has 0 saturated carbocycles. The summed E-state index contributed by atoms with van der Waals surface area (Å²) in [6, 6.07) is 9.77. The number of rotatable bonds is 3. The Balaban J connectivity index is 2.46. The monoisotopic (exact) mass is 200 g/mol. The number of aryl methyl sites for hydroxylation is 1. The fourth-order valence-electron chi connectivity index (χ4n) is 1.51. The van der Waals surface area contributed by atoms with Crippen LogP contribution in [0.25, 0.3) is 5.69 Å². The fraction of sp³-hybridized carbons (Fsp3) is 0.167. The minimum Gasteiger partial charge on any atom is -0.298 e. The van der Waals surface area contributed by atoms with Crippen LogP contribution < -0.4 is 0 Å². The van der Waals surface area contributed by atoms with E-state index in [1.54, 1.807) is 10.9 Å². The van der Waals surface area contributed by atoms with E-state index in [-0.39, 0.29) is 0 Å². The second-order valence-corrected chi connectivity index (χ2v) is 3.28. The maximum atomic E-state index is 10.8. The van der Waals surface area contributed by atoms with Gasteiger partial charge in [0.05, 0.1) is 16.9 Å². The third-order valence-electron chi connectivity index (χ3n) is 2.31. The summed E-state index contributed by atoms with van der Waals surface area (Å²) in [5.41, 5.74) is 2.48. The van der Waals surface area contributed by atoms with Crippen molar-refractivity contribution in [3.05, 3.63) is 47.8 Å². The molecule has 0 saturated heterocycles. The molecule has 1 aromatic heterocycles. The molecule has 0 amide bonds. The van der Waals surface area contributed by atoms with E-state index in [0.29, 0.717) is 5.56 Å². The lowest BCUT2D eigenvalue weighted by Gasteiger charge is -1.98. The first-order chi connectivity index (χ1) is 7.35. The molecular weight excluding hydrogens is 188 g/mol. The zero-order valence-corrected chi connectivity index (χ0v) is 8.55. The molecule has 0 radical (unpaired) electrons. The summed E-state index contributed by atoms with van der Waals surface area (Å²) < 4.78 is 1.74.